The fourth-order valence-electron chi connectivity index (χ4n) is 1.79. The van der Waals surface area contributed by atoms with Gasteiger partial charge in [0, 0.05) is 22.6 Å². The Morgan fingerprint density at radius 3 is 2.71 bits per heavy atom. The summed E-state index contributed by atoms with van der Waals surface area (Å²) in [6.07, 6.45) is 0. The lowest BCUT2D eigenvalue weighted by Crippen LogP contribution is -2.22. The summed E-state index contributed by atoms with van der Waals surface area (Å²) < 4.78 is 20.6. The van der Waals surface area contributed by atoms with Crippen molar-refractivity contribution in [2.24, 2.45) is 0 Å². The van der Waals surface area contributed by atoms with Gasteiger partial charge < -0.3 is 10.1 Å². The number of nitrogens with one attached hydrogen (secondary N) is 1. The van der Waals surface area contributed by atoms with Crippen molar-refractivity contribution in [2.75, 3.05) is 0 Å². The maximum atomic E-state index is 14.1. The van der Waals surface area contributed by atoms with Crippen LogP contribution in [0.2, 0.25) is 5.02 Å². The summed E-state index contributed by atoms with van der Waals surface area (Å²) in [5, 5.41) is 3.68. The first-order valence-electron chi connectivity index (χ1n) is 6.61. The van der Waals surface area contributed by atoms with E-state index in [1.807, 2.05) is 19.9 Å². The molecule has 0 aromatic heterocycles. The Hall–Kier alpha value is -1.10. The van der Waals surface area contributed by atoms with Crippen molar-refractivity contribution >= 4 is 27.5 Å². The molecule has 2 aromatic carbocycles. The Kier molecular flexibility index (Phi) is 5.62. The molecule has 0 aliphatic rings. The molecule has 2 rings (SSSR count). The summed E-state index contributed by atoms with van der Waals surface area (Å²) in [5.74, 6) is 0.225. The quantitative estimate of drug-likeness (QED) is 0.745. The van der Waals surface area contributed by atoms with Crippen LogP contribution < -0.4 is 10.1 Å². The van der Waals surface area contributed by atoms with Gasteiger partial charge >= 0.3 is 0 Å². The summed E-state index contributed by atoms with van der Waals surface area (Å²) in [6.45, 7) is 4.59. The summed E-state index contributed by atoms with van der Waals surface area (Å²) >= 11 is 9.45. The summed E-state index contributed by atoms with van der Waals surface area (Å²) in [5.41, 5.74) is 0.752. The van der Waals surface area contributed by atoms with Gasteiger partial charge in [-0.1, -0.05) is 53.5 Å². The van der Waals surface area contributed by atoms with Crippen LogP contribution in [-0.2, 0) is 6.54 Å². The predicted molar refractivity (Wildman–Crippen MR) is 87.6 cm³/mol. The van der Waals surface area contributed by atoms with Crippen LogP contribution in [0.5, 0.6) is 11.5 Å². The molecule has 0 radical (unpaired) electrons. The van der Waals surface area contributed by atoms with Crippen LogP contribution in [0.15, 0.2) is 40.9 Å². The van der Waals surface area contributed by atoms with Gasteiger partial charge in [-0.2, -0.15) is 0 Å². The van der Waals surface area contributed by atoms with E-state index in [1.165, 1.54) is 6.07 Å². The Bertz CT molecular complexity index is 634. The molecule has 1 N–H and O–H groups in total. The predicted octanol–water partition coefficient (Wildman–Crippen LogP) is 5.53. The molecule has 0 atom stereocenters. The van der Waals surface area contributed by atoms with Gasteiger partial charge in [-0.15, -0.1) is 0 Å². The summed E-state index contributed by atoms with van der Waals surface area (Å²) in [4.78, 5) is 0. The van der Waals surface area contributed by atoms with Crippen LogP contribution in [0.3, 0.4) is 0 Å². The van der Waals surface area contributed by atoms with Crippen LogP contribution >= 0.6 is 27.5 Å². The number of para-hydroxylation sites is 1. The average molecular weight is 373 g/mol. The molecular formula is C16H16BrClFNO. The van der Waals surface area contributed by atoms with Gasteiger partial charge in [-0.3, -0.25) is 0 Å². The smallest absolute Gasteiger partial charge is 0.167 e. The third-order valence-corrected chi connectivity index (χ3v) is 3.64. The van der Waals surface area contributed by atoms with E-state index >= 15 is 0 Å². The van der Waals surface area contributed by atoms with Gasteiger partial charge in [0.25, 0.3) is 0 Å². The first-order chi connectivity index (χ1) is 9.97. The van der Waals surface area contributed by atoms with Gasteiger partial charge in [0.05, 0.1) is 5.02 Å². The lowest BCUT2D eigenvalue weighted by atomic mass is 10.2. The third-order valence-electron chi connectivity index (χ3n) is 2.86. The summed E-state index contributed by atoms with van der Waals surface area (Å²) in [7, 11) is 0. The minimum absolute atomic E-state index is 0.204. The zero-order chi connectivity index (χ0) is 15.4. The first kappa shape index (κ1) is 16.3. The number of rotatable bonds is 5. The second-order valence-corrected chi connectivity index (χ2v) is 6.26. The van der Waals surface area contributed by atoms with Crippen LogP contribution in [-0.4, -0.2) is 6.04 Å². The number of hydrogen-bond acceptors (Lipinski definition) is 2. The zero-order valence-electron chi connectivity index (χ0n) is 11.8. The van der Waals surface area contributed by atoms with E-state index in [-0.39, 0.29) is 5.75 Å². The number of benzene rings is 2. The van der Waals surface area contributed by atoms with Gasteiger partial charge in [0.1, 0.15) is 5.75 Å². The molecule has 5 heteroatoms. The second-order valence-electron chi connectivity index (χ2n) is 4.94. The van der Waals surface area contributed by atoms with Crippen molar-refractivity contribution in [3.63, 3.8) is 0 Å². The van der Waals surface area contributed by atoms with Gasteiger partial charge in [-0.05, 0) is 24.3 Å². The molecule has 0 bridgehead atoms. The molecule has 0 aliphatic carbocycles. The molecule has 112 valence electrons. The summed E-state index contributed by atoms with van der Waals surface area (Å²) in [6, 6.07) is 10.4. The van der Waals surface area contributed by atoms with E-state index in [1.54, 1.807) is 24.3 Å². The van der Waals surface area contributed by atoms with Crippen molar-refractivity contribution in [3.05, 3.63) is 57.3 Å². The molecule has 0 saturated heterocycles. The highest BCUT2D eigenvalue weighted by molar-refractivity contribution is 9.10. The van der Waals surface area contributed by atoms with Crippen molar-refractivity contribution in [3.8, 4) is 11.5 Å². The minimum Gasteiger partial charge on any atom is -0.452 e. The molecule has 0 aliphatic heterocycles. The molecule has 0 spiro atoms. The van der Waals surface area contributed by atoms with Gasteiger partial charge in [-0.25, -0.2) is 4.39 Å². The molecule has 2 nitrogen and oxygen atoms in total. The first-order valence-corrected chi connectivity index (χ1v) is 7.78. The lowest BCUT2D eigenvalue weighted by Gasteiger charge is -2.15. The lowest BCUT2D eigenvalue weighted by molar-refractivity contribution is 0.431. The van der Waals surface area contributed by atoms with Crippen molar-refractivity contribution < 1.29 is 9.13 Å². The monoisotopic (exact) mass is 371 g/mol. The fraction of sp³-hybridized carbons (Fsp3) is 0.250. The van der Waals surface area contributed by atoms with Crippen LogP contribution in [0.4, 0.5) is 4.39 Å². The van der Waals surface area contributed by atoms with Crippen LogP contribution in [0.1, 0.15) is 19.4 Å². The van der Waals surface area contributed by atoms with E-state index in [2.05, 4.69) is 21.2 Å². The molecule has 21 heavy (non-hydrogen) atoms. The highest BCUT2D eigenvalue weighted by Crippen LogP contribution is 2.34. The number of halogens is 3. The minimum atomic E-state index is -0.406. The average Bonchev–Trinajstić information content (AvgIpc) is 2.42. The van der Waals surface area contributed by atoms with Gasteiger partial charge in [0.15, 0.2) is 11.6 Å². The highest BCUT2D eigenvalue weighted by atomic mass is 79.9. The molecule has 0 fully saturated rings. The largest absolute Gasteiger partial charge is 0.452 e. The second kappa shape index (κ2) is 7.25. The molecule has 0 unspecified atom stereocenters. The van der Waals surface area contributed by atoms with Crippen molar-refractivity contribution in [1.82, 2.24) is 5.32 Å². The number of hydrogen-bond donors (Lipinski definition) is 1. The Balaban J connectivity index is 2.29. The van der Waals surface area contributed by atoms with Gasteiger partial charge in [0.2, 0.25) is 0 Å². The Morgan fingerprint density at radius 2 is 2.05 bits per heavy atom. The maximum Gasteiger partial charge on any atom is 0.167 e. The number of ether oxygens (including phenoxy) is 1. The molecule has 0 heterocycles. The van der Waals surface area contributed by atoms with E-state index in [0.717, 1.165) is 10.0 Å². The molecular weight excluding hydrogens is 357 g/mol. The molecule has 0 amide bonds. The van der Waals surface area contributed by atoms with E-state index in [0.29, 0.717) is 23.4 Å². The molecule has 2 aromatic rings. The van der Waals surface area contributed by atoms with E-state index in [9.17, 15) is 4.39 Å². The topological polar surface area (TPSA) is 21.3 Å². The highest BCUT2D eigenvalue weighted by Gasteiger charge is 2.13. The fourth-order valence-corrected chi connectivity index (χ4v) is 2.50. The molecule has 0 saturated carbocycles. The van der Waals surface area contributed by atoms with E-state index in [4.69, 9.17) is 16.3 Å². The maximum absolute atomic E-state index is 14.1. The van der Waals surface area contributed by atoms with Crippen molar-refractivity contribution in [2.45, 2.75) is 26.4 Å². The van der Waals surface area contributed by atoms with Crippen molar-refractivity contribution in [1.29, 1.82) is 0 Å². The third kappa shape index (κ3) is 4.43. The van der Waals surface area contributed by atoms with Crippen LogP contribution in [0, 0.1) is 5.82 Å². The Morgan fingerprint density at radius 1 is 1.29 bits per heavy atom. The van der Waals surface area contributed by atoms with E-state index < -0.39 is 5.82 Å². The normalized spacial score (nSPS) is 11.0. The standard InChI is InChI=1S/C16H16BrClFNO/c1-10(2)20-9-11-4-3-5-14(19)16(11)21-15-7-6-12(17)8-13(15)18/h3-8,10,20H,9H2,1-2H3. The Labute approximate surface area is 137 Å². The van der Waals surface area contributed by atoms with Crippen LogP contribution in [0.25, 0.3) is 0 Å². The zero-order valence-corrected chi connectivity index (χ0v) is 14.1. The SMILES string of the molecule is CC(C)NCc1cccc(F)c1Oc1ccc(Br)cc1Cl.